The van der Waals surface area contributed by atoms with Crippen LogP contribution in [-0.2, 0) is 0 Å². The molecule has 4 rings (SSSR count). The molecule has 0 unspecified atom stereocenters. The number of carbonyl (C=O) groups is 1. The van der Waals surface area contributed by atoms with Gasteiger partial charge in [-0.1, -0.05) is 17.7 Å². The number of benzene rings is 3. The predicted octanol–water partition coefficient (Wildman–Crippen LogP) is 6.34. The van der Waals surface area contributed by atoms with Gasteiger partial charge in [0, 0.05) is 27.9 Å². The van der Waals surface area contributed by atoms with E-state index in [1.807, 2.05) is 6.92 Å². The maximum absolute atomic E-state index is 12.4. The molecule has 0 spiro atoms. The van der Waals surface area contributed by atoms with Crippen molar-refractivity contribution in [2.75, 3.05) is 5.32 Å². The summed E-state index contributed by atoms with van der Waals surface area (Å²) in [4.78, 5) is 19.8. The average Bonchev–Trinajstić information content (AvgIpc) is 3.12. The fourth-order valence-electron chi connectivity index (χ4n) is 2.97. The number of alkyl halides is 3. The molecule has 158 valence electrons. The zero-order chi connectivity index (χ0) is 22.2. The lowest BCUT2D eigenvalue weighted by Crippen LogP contribution is -2.16. The summed E-state index contributed by atoms with van der Waals surface area (Å²) in [6, 6.07) is 15.8. The number of H-pyrrole nitrogens is 1. The molecule has 1 heterocycles. The summed E-state index contributed by atoms with van der Waals surface area (Å²) < 4.78 is 41.1. The molecule has 0 saturated carbocycles. The number of amides is 1. The summed E-state index contributed by atoms with van der Waals surface area (Å²) in [6.45, 7) is 1.85. The Bertz CT molecular complexity index is 1270. The number of hydrogen-bond acceptors (Lipinski definition) is 3. The van der Waals surface area contributed by atoms with Crippen LogP contribution in [0.25, 0.3) is 22.4 Å². The number of anilines is 1. The fraction of sp³-hybridized carbons (Fsp3) is 0.0909. The second-order valence-corrected chi connectivity index (χ2v) is 7.21. The maximum atomic E-state index is 12.4. The molecule has 4 aromatic rings. The van der Waals surface area contributed by atoms with Gasteiger partial charge in [-0.3, -0.25) is 4.79 Å². The van der Waals surface area contributed by atoms with E-state index < -0.39 is 6.36 Å². The minimum Gasteiger partial charge on any atom is -0.406 e. The van der Waals surface area contributed by atoms with Crippen LogP contribution in [-0.4, -0.2) is 22.2 Å². The Morgan fingerprint density at radius 1 is 1.06 bits per heavy atom. The number of carbonyl (C=O) groups excluding carboxylic acids is 1. The number of ether oxygens (including phenoxy) is 1. The Kier molecular flexibility index (Phi) is 5.32. The summed E-state index contributed by atoms with van der Waals surface area (Å²) in [5, 5.41) is 3.30. The van der Waals surface area contributed by atoms with Gasteiger partial charge in [0.15, 0.2) is 0 Å². The van der Waals surface area contributed by atoms with Crippen LogP contribution in [0, 0.1) is 6.92 Å². The van der Waals surface area contributed by atoms with E-state index in [2.05, 4.69) is 20.0 Å². The molecule has 1 amide bonds. The van der Waals surface area contributed by atoms with E-state index in [4.69, 9.17) is 11.6 Å². The molecule has 0 aliphatic rings. The molecule has 0 aliphatic heterocycles. The summed E-state index contributed by atoms with van der Waals surface area (Å²) in [5.41, 5.74) is 3.50. The Morgan fingerprint density at radius 2 is 1.81 bits per heavy atom. The zero-order valence-corrected chi connectivity index (χ0v) is 16.8. The molecule has 2 N–H and O–H groups in total. The van der Waals surface area contributed by atoms with E-state index in [-0.39, 0.29) is 11.7 Å². The molecule has 3 aromatic carbocycles. The topological polar surface area (TPSA) is 67.0 Å². The third-order valence-electron chi connectivity index (χ3n) is 4.54. The van der Waals surface area contributed by atoms with Crippen LogP contribution >= 0.6 is 11.6 Å². The van der Waals surface area contributed by atoms with Crippen molar-refractivity contribution < 1.29 is 22.7 Å². The monoisotopic (exact) mass is 445 g/mol. The highest BCUT2D eigenvalue weighted by atomic mass is 35.5. The second kappa shape index (κ2) is 7.96. The molecule has 0 fully saturated rings. The number of fused-ring (bicyclic) bond motifs is 1. The van der Waals surface area contributed by atoms with Gasteiger partial charge in [-0.15, -0.1) is 13.2 Å². The number of aromatic amines is 1. The summed E-state index contributed by atoms with van der Waals surface area (Å²) >= 11 is 6.07. The third-order valence-corrected chi connectivity index (χ3v) is 4.94. The number of hydrogen-bond donors (Lipinski definition) is 2. The van der Waals surface area contributed by atoms with Crippen molar-refractivity contribution >= 4 is 34.2 Å². The van der Waals surface area contributed by atoms with Gasteiger partial charge >= 0.3 is 6.36 Å². The van der Waals surface area contributed by atoms with Gasteiger partial charge in [0.2, 0.25) is 0 Å². The Balaban J connectivity index is 1.51. The van der Waals surface area contributed by atoms with Crippen molar-refractivity contribution in [2.45, 2.75) is 13.3 Å². The minimum absolute atomic E-state index is 0.296. The van der Waals surface area contributed by atoms with Crippen LogP contribution in [0.4, 0.5) is 18.9 Å². The van der Waals surface area contributed by atoms with Gasteiger partial charge < -0.3 is 15.0 Å². The Morgan fingerprint density at radius 3 is 2.48 bits per heavy atom. The number of nitrogens with zero attached hydrogens (tertiary/aromatic N) is 1. The number of imidazole rings is 1. The largest absolute Gasteiger partial charge is 0.573 e. The summed E-state index contributed by atoms with van der Waals surface area (Å²) in [5.74, 6) is -0.151. The van der Waals surface area contributed by atoms with Crippen LogP contribution in [0.15, 0.2) is 60.7 Å². The molecule has 31 heavy (non-hydrogen) atoms. The Labute approximate surface area is 179 Å². The van der Waals surface area contributed by atoms with Gasteiger partial charge in [0.1, 0.15) is 11.6 Å². The van der Waals surface area contributed by atoms with E-state index in [1.54, 1.807) is 42.5 Å². The lowest BCUT2D eigenvalue weighted by molar-refractivity contribution is -0.274. The van der Waals surface area contributed by atoms with Crippen LogP contribution in [0.3, 0.4) is 0 Å². The van der Waals surface area contributed by atoms with Crippen molar-refractivity contribution in [1.29, 1.82) is 0 Å². The van der Waals surface area contributed by atoms with Crippen LogP contribution in [0.5, 0.6) is 5.75 Å². The normalized spacial score (nSPS) is 11.5. The van der Waals surface area contributed by atoms with E-state index in [0.29, 0.717) is 38.7 Å². The first-order valence-electron chi connectivity index (χ1n) is 9.11. The molecule has 0 radical (unpaired) electrons. The first-order chi connectivity index (χ1) is 14.7. The van der Waals surface area contributed by atoms with Crippen molar-refractivity contribution in [3.63, 3.8) is 0 Å². The summed E-state index contributed by atoms with van der Waals surface area (Å²) in [7, 11) is 0. The first kappa shape index (κ1) is 20.7. The lowest BCUT2D eigenvalue weighted by atomic mass is 10.1. The van der Waals surface area contributed by atoms with Gasteiger partial charge in [0.25, 0.3) is 5.91 Å². The number of nitrogens with one attached hydrogen (secondary N) is 2. The number of halogens is 4. The van der Waals surface area contributed by atoms with Gasteiger partial charge in [0.05, 0.1) is 11.0 Å². The number of aryl methyl sites for hydroxylation is 1. The molecule has 5 nitrogen and oxygen atoms in total. The lowest BCUT2D eigenvalue weighted by Gasteiger charge is -2.07. The van der Waals surface area contributed by atoms with Crippen LogP contribution < -0.4 is 10.1 Å². The van der Waals surface area contributed by atoms with Crippen molar-refractivity contribution in [3.8, 4) is 17.1 Å². The fourth-order valence-corrected chi connectivity index (χ4v) is 3.15. The number of rotatable bonds is 4. The van der Waals surface area contributed by atoms with E-state index in [0.717, 1.165) is 5.56 Å². The molecule has 1 aromatic heterocycles. The quantitative estimate of drug-likeness (QED) is 0.385. The highest BCUT2D eigenvalue weighted by molar-refractivity contribution is 6.31. The minimum atomic E-state index is -4.76. The smallest absolute Gasteiger partial charge is 0.406 e. The van der Waals surface area contributed by atoms with Gasteiger partial charge in [-0.2, -0.15) is 0 Å². The highest BCUT2D eigenvalue weighted by Gasteiger charge is 2.31. The van der Waals surface area contributed by atoms with Crippen LogP contribution in [0.1, 0.15) is 15.9 Å². The van der Waals surface area contributed by atoms with E-state index in [1.165, 1.54) is 18.2 Å². The van der Waals surface area contributed by atoms with Crippen molar-refractivity contribution in [3.05, 3.63) is 76.8 Å². The standard InChI is InChI=1S/C22H15ClF3N3O2/c1-12-2-3-14(10-17(12)23)21(30)27-15-6-4-13(5-7-15)20-28-18-9-8-16(11-19(18)29-20)31-22(24,25)26/h2-11H,1H3,(H,27,30)(H,28,29). The van der Waals surface area contributed by atoms with Crippen molar-refractivity contribution in [2.24, 2.45) is 0 Å². The molecular formula is C22H15ClF3N3O2. The molecule has 9 heteroatoms. The Hall–Kier alpha value is -3.52. The van der Waals surface area contributed by atoms with Crippen LogP contribution in [0.2, 0.25) is 5.02 Å². The average molecular weight is 446 g/mol. The van der Waals surface area contributed by atoms with E-state index >= 15 is 0 Å². The number of aromatic nitrogens is 2. The third kappa shape index (κ3) is 4.80. The molecular weight excluding hydrogens is 431 g/mol. The molecule has 0 saturated heterocycles. The molecule has 0 atom stereocenters. The molecule has 0 aliphatic carbocycles. The SMILES string of the molecule is Cc1ccc(C(=O)Nc2ccc(-c3nc4ccc(OC(F)(F)F)cc4[nH]3)cc2)cc1Cl. The first-order valence-corrected chi connectivity index (χ1v) is 9.49. The van der Waals surface area contributed by atoms with Gasteiger partial charge in [-0.25, -0.2) is 4.98 Å². The summed E-state index contributed by atoms with van der Waals surface area (Å²) in [6.07, 6.45) is -4.76. The zero-order valence-electron chi connectivity index (χ0n) is 16.0. The van der Waals surface area contributed by atoms with E-state index in [9.17, 15) is 18.0 Å². The van der Waals surface area contributed by atoms with Gasteiger partial charge in [-0.05, 0) is 61.0 Å². The maximum Gasteiger partial charge on any atom is 0.573 e. The molecule has 0 bridgehead atoms. The predicted molar refractivity (Wildman–Crippen MR) is 112 cm³/mol. The van der Waals surface area contributed by atoms with Crippen molar-refractivity contribution in [1.82, 2.24) is 9.97 Å². The highest BCUT2D eigenvalue weighted by Crippen LogP contribution is 2.28. The second-order valence-electron chi connectivity index (χ2n) is 6.81.